The first-order valence-corrected chi connectivity index (χ1v) is 9.62. The topological polar surface area (TPSA) is 66.8 Å². The molecule has 0 spiro atoms. The summed E-state index contributed by atoms with van der Waals surface area (Å²) in [5.74, 6) is -1.45. The van der Waals surface area contributed by atoms with Crippen LogP contribution in [0.15, 0.2) is 54.6 Å². The standard InChI is InChI=1S/C22H14Cl2FNO4/c23-15-3-4-16(18(24)9-15)21(27)26-10-14-7-12(2-6-20(14)30-11-26)17-8-13(22(28)29)1-5-19(17)25/h1-9H,10-11H2,(H,28,29). The summed E-state index contributed by atoms with van der Waals surface area (Å²) in [5, 5.41) is 9.84. The average molecular weight is 446 g/mol. The maximum atomic E-state index is 14.3. The van der Waals surface area contributed by atoms with Gasteiger partial charge in [-0.15, -0.1) is 0 Å². The van der Waals surface area contributed by atoms with E-state index in [-0.39, 0.29) is 35.3 Å². The normalized spacial score (nSPS) is 12.8. The van der Waals surface area contributed by atoms with Crippen molar-refractivity contribution in [2.75, 3.05) is 6.73 Å². The zero-order valence-electron chi connectivity index (χ0n) is 15.4. The van der Waals surface area contributed by atoms with Crippen LogP contribution >= 0.6 is 23.2 Å². The molecule has 1 aliphatic heterocycles. The second-order valence-corrected chi connectivity index (χ2v) is 7.57. The molecule has 1 amide bonds. The molecule has 30 heavy (non-hydrogen) atoms. The van der Waals surface area contributed by atoms with Crippen molar-refractivity contribution >= 4 is 35.1 Å². The summed E-state index contributed by atoms with van der Waals surface area (Å²) in [6.45, 7) is 0.258. The summed E-state index contributed by atoms with van der Waals surface area (Å²) in [6, 6.07) is 13.2. The third-order valence-electron chi connectivity index (χ3n) is 4.77. The van der Waals surface area contributed by atoms with Gasteiger partial charge in [0.2, 0.25) is 0 Å². The molecule has 0 unspecified atom stereocenters. The number of carbonyl (C=O) groups is 2. The zero-order valence-corrected chi connectivity index (χ0v) is 16.9. The van der Waals surface area contributed by atoms with Crippen LogP contribution in [0.1, 0.15) is 26.3 Å². The lowest BCUT2D eigenvalue weighted by Crippen LogP contribution is -2.37. The molecule has 3 aromatic carbocycles. The van der Waals surface area contributed by atoms with E-state index in [1.807, 2.05) is 0 Å². The first kappa shape index (κ1) is 20.2. The molecule has 3 aromatic rings. The van der Waals surface area contributed by atoms with E-state index < -0.39 is 11.8 Å². The van der Waals surface area contributed by atoms with Gasteiger partial charge in [0.15, 0.2) is 6.73 Å². The number of aromatic carboxylic acids is 1. The highest BCUT2D eigenvalue weighted by Gasteiger charge is 2.25. The van der Waals surface area contributed by atoms with Gasteiger partial charge in [-0.3, -0.25) is 4.79 Å². The number of fused-ring (bicyclic) bond motifs is 1. The lowest BCUT2D eigenvalue weighted by atomic mass is 9.99. The summed E-state index contributed by atoms with van der Waals surface area (Å²) in [4.78, 5) is 25.6. The van der Waals surface area contributed by atoms with Crippen LogP contribution in [0, 0.1) is 5.82 Å². The summed E-state index contributed by atoms with van der Waals surface area (Å²) in [7, 11) is 0. The maximum absolute atomic E-state index is 14.3. The highest BCUT2D eigenvalue weighted by Crippen LogP contribution is 2.33. The summed E-state index contributed by atoms with van der Waals surface area (Å²) >= 11 is 12.0. The third-order valence-corrected chi connectivity index (χ3v) is 5.32. The van der Waals surface area contributed by atoms with Crippen LogP contribution in [0.4, 0.5) is 4.39 Å². The maximum Gasteiger partial charge on any atom is 0.335 e. The van der Waals surface area contributed by atoms with Crippen molar-refractivity contribution < 1.29 is 23.8 Å². The Morgan fingerprint density at radius 2 is 1.83 bits per heavy atom. The number of nitrogens with zero attached hydrogens (tertiary/aromatic N) is 1. The lowest BCUT2D eigenvalue weighted by Gasteiger charge is -2.29. The molecule has 1 heterocycles. The Labute approximate surface area is 181 Å². The van der Waals surface area contributed by atoms with E-state index in [9.17, 15) is 19.1 Å². The highest BCUT2D eigenvalue weighted by atomic mass is 35.5. The third kappa shape index (κ3) is 3.84. The minimum Gasteiger partial charge on any atom is -0.478 e. The van der Waals surface area contributed by atoms with Crippen LogP contribution in [0.3, 0.4) is 0 Å². The van der Waals surface area contributed by atoms with Gasteiger partial charge in [-0.25, -0.2) is 9.18 Å². The van der Waals surface area contributed by atoms with Crippen molar-refractivity contribution in [3.63, 3.8) is 0 Å². The molecule has 0 saturated heterocycles. The van der Waals surface area contributed by atoms with Crippen LogP contribution in [-0.4, -0.2) is 28.6 Å². The number of hydrogen-bond acceptors (Lipinski definition) is 3. The number of rotatable bonds is 3. The number of carboxylic acid groups (broad SMARTS) is 1. The van der Waals surface area contributed by atoms with Gasteiger partial charge in [0.05, 0.1) is 22.7 Å². The van der Waals surface area contributed by atoms with E-state index in [0.29, 0.717) is 27.5 Å². The molecule has 1 N–H and O–H groups in total. The Morgan fingerprint density at radius 3 is 2.57 bits per heavy atom. The van der Waals surface area contributed by atoms with E-state index >= 15 is 0 Å². The van der Waals surface area contributed by atoms with E-state index in [1.165, 1.54) is 23.1 Å². The molecule has 0 aliphatic carbocycles. The second-order valence-electron chi connectivity index (χ2n) is 6.72. The molecule has 4 rings (SSSR count). The van der Waals surface area contributed by atoms with E-state index in [0.717, 1.165) is 6.07 Å². The van der Waals surface area contributed by atoms with Gasteiger partial charge in [0.1, 0.15) is 11.6 Å². The van der Waals surface area contributed by atoms with Gasteiger partial charge in [-0.2, -0.15) is 0 Å². The van der Waals surface area contributed by atoms with E-state index in [1.54, 1.807) is 30.3 Å². The van der Waals surface area contributed by atoms with Crippen LogP contribution in [0.25, 0.3) is 11.1 Å². The van der Waals surface area contributed by atoms with Gasteiger partial charge >= 0.3 is 5.97 Å². The predicted octanol–water partition coefficient (Wildman–Crippen LogP) is 5.49. The summed E-state index contributed by atoms with van der Waals surface area (Å²) in [5.41, 5.74) is 1.58. The van der Waals surface area contributed by atoms with Crippen molar-refractivity contribution in [2.24, 2.45) is 0 Å². The zero-order chi connectivity index (χ0) is 21.4. The van der Waals surface area contributed by atoms with Crippen LogP contribution < -0.4 is 4.74 Å². The molecule has 0 fully saturated rings. The molecule has 1 aliphatic rings. The number of benzene rings is 3. The lowest BCUT2D eigenvalue weighted by molar-refractivity contribution is 0.0514. The van der Waals surface area contributed by atoms with Gasteiger partial charge in [0.25, 0.3) is 5.91 Å². The Hall–Kier alpha value is -3.09. The van der Waals surface area contributed by atoms with Crippen molar-refractivity contribution in [2.45, 2.75) is 6.54 Å². The van der Waals surface area contributed by atoms with Gasteiger partial charge in [-0.05, 0) is 54.1 Å². The molecule has 0 saturated carbocycles. The molecular formula is C22H14Cl2FNO4. The van der Waals surface area contributed by atoms with Crippen molar-refractivity contribution in [3.8, 4) is 16.9 Å². The minimum atomic E-state index is -1.14. The first-order valence-electron chi connectivity index (χ1n) is 8.87. The molecule has 0 aromatic heterocycles. The van der Waals surface area contributed by atoms with Crippen LogP contribution in [0.2, 0.25) is 10.0 Å². The Kier molecular flexibility index (Phi) is 5.37. The number of halogens is 3. The summed E-state index contributed by atoms with van der Waals surface area (Å²) in [6.07, 6.45) is 0. The van der Waals surface area contributed by atoms with E-state index in [2.05, 4.69) is 0 Å². The molecule has 0 bridgehead atoms. The van der Waals surface area contributed by atoms with Gasteiger partial charge in [-0.1, -0.05) is 29.3 Å². The predicted molar refractivity (Wildman–Crippen MR) is 111 cm³/mol. The van der Waals surface area contributed by atoms with Crippen molar-refractivity contribution in [1.82, 2.24) is 4.90 Å². The fourth-order valence-electron chi connectivity index (χ4n) is 3.25. The molecular weight excluding hydrogens is 432 g/mol. The molecule has 0 radical (unpaired) electrons. The number of carboxylic acids is 1. The fourth-order valence-corrected chi connectivity index (χ4v) is 3.74. The first-order chi connectivity index (χ1) is 14.3. The number of carbonyl (C=O) groups excluding carboxylic acids is 1. The largest absolute Gasteiger partial charge is 0.478 e. The average Bonchev–Trinajstić information content (AvgIpc) is 2.72. The molecule has 0 atom stereocenters. The van der Waals surface area contributed by atoms with Crippen molar-refractivity contribution in [3.05, 3.63) is 87.2 Å². The summed E-state index contributed by atoms with van der Waals surface area (Å²) < 4.78 is 20.0. The van der Waals surface area contributed by atoms with Crippen LogP contribution in [0.5, 0.6) is 5.75 Å². The minimum absolute atomic E-state index is 0.0189. The monoisotopic (exact) mass is 445 g/mol. The number of ether oxygens (including phenoxy) is 1. The molecule has 5 nitrogen and oxygen atoms in total. The number of amides is 1. The quantitative estimate of drug-likeness (QED) is 0.578. The Bertz CT molecular complexity index is 1180. The molecule has 8 heteroatoms. The Morgan fingerprint density at radius 1 is 1.03 bits per heavy atom. The Balaban J connectivity index is 1.65. The smallest absolute Gasteiger partial charge is 0.335 e. The van der Waals surface area contributed by atoms with Crippen LogP contribution in [-0.2, 0) is 6.54 Å². The molecule has 152 valence electrons. The highest BCUT2D eigenvalue weighted by molar-refractivity contribution is 6.36. The number of hydrogen-bond donors (Lipinski definition) is 1. The van der Waals surface area contributed by atoms with E-state index in [4.69, 9.17) is 27.9 Å². The SMILES string of the molecule is O=C(O)c1ccc(F)c(-c2ccc3c(c2)CN(C(=O)c2ccc(Cl)cc2Cl)CO3)c1. The second kappa shape index (κ2) is 7.97. The van der Waals surface area contributed by atoms with Crippen molar-refractivity contribution in [1.29, 1.82) is 0 Å². The fraction of sp³-hybridized carbons (Fsp3) is 0.0909. The van der Waals surface area contributed by atoms with Gasteiger partial charge < -0.3 is 14.7 Å². The van der Waals surface area contributed by atoms with Gasteiger partial charge in [0, 0.05) is 16.1 Å².